The lowest BCUT2D eigenvalue weighted by Crippen LogP contribution is -2.44. The molecule has 1 heterocycles. The first-order valence-corrected chi connectivity index (χ1v) is 9.17. The van der Waals surface area contributed by atoms with Crippen LogP contribution in [0.3, 0.4) is 0 Å². The average Bonchev–Trinajstić information content (AvgIpc) is 2.98. The average molecular weight is 334 g/mol. The fourth-order valence-corrected chi connectivity index (χ4v) is 4.55. The van der Waals surface area contributed by atoms with Crippen LogP contribution in [0.15, 0.2) is 39.6 Å². The summed E-state index contributed by atoms with van der Waals surface area (Å²) in [4.78, 5) is 2.25. The van der Waals surface area contributed by atoms with Crippen LogP contribution in [0.4, 0.5) is 0 Å². The van der Waals surface area contributed by atoms with E-state index in [0.717, 1.165) is 17.7 Å². The van der Waals surface area contributed by atoms with Crippen LogP contribution in [0.2, 0.25) is 0 Å². The van der Waals surface area contributed by atoms with Crippen LogP contribution < -0.4 is 0 Å². The van der Waals surface area contributed by atoms with Gasteiger partial charge in [-0.05, 0) is 45.7 Å². The lowest BCUT2D eigenvalue weighted by atomic mass is 9.80. The molecule has 1 aromatic carbocycles. The van der Waals surface area contributed by atoms with Gasteiger partial charge in [-0.1, -0.05) is 35.0 Å². The lowest BCUT2D eigenvalue weighted by molar-refractivity contribution is -0.196. The number of rotatable bonds is 3. The summed E-state index contributed by atoms with van der Waals surface area (Å²) in [5, 5.41) is 11.3. The summed E-state index contributed by atoms with van der Waals surface area (Å²) in [6.07, 6.45) is 2.89. The molecule has 1 saturated carbocycles. The van der Waals surface area contributed by atoms with Gasteiger partial charge in [-0.25, -0.2) is 0 Å². The Morgan fingerprint density at radius 3 is 2.09 bits per heavy atom. The zero-order chi connectivity index (χ0) is 16.5. The Balaban J connectivity index is 1.76. The number of hydrogen-bond donors (Lipinski definition) is 1. The van der Waals surface area contributed by atoms with Crippen LogP contribution in [-0.2, 0) is 9.47 Å². The molecule has 1 aromatic rings. The fraction of sp³-hybridized carbons (Fsp3) is 0.579. The van der Waals surface area contributed by atoms with E-state index in [4.69, 9.17) is 9.47 Å². The van der Waals surface area contributed by atoms with E-state index in [1.165, 1.54) is 16.0 Å². The highest BCUT2D eigenvalue weighted by Gasteiger charge is 2.47. The van der Waals surface area contributed by atoms with Gasteiger partial charge < -0.3 is 14.6 Å². The maximum absolute atomic E-state index is 11.3. The van der Waals surface area contributed by atoms with E-state index in [0.29, 0.717) is 26.1 Å². The summed E-state index contributed by atoms with van der Waals surface area (Å²) in [5.41, 5.74) is 1.67. The minimum Gasteiger partial charge on any atom is -0.385 e. The molecule has 126 valence electrons. The molecule has 1 aliphatic carbocycles. The molecule has 3 rings (SSSR count). The molecule has 2 fully saturated rings. The molecule has 3 nitrogen and oxygen atoms in total. The molecule has 2 aliphatic rings. The molecule has 1 spiro atoms. The molecule has 0 unspecified atom stereocenters. The summed E-state index contributed by atoms with van der Waals surface area (Å²) in [6.45, 7) is 7.60. The third kappa shape index (κ3) is 3.66. The maximum atomic E-state index is 11.3. The molecule has 0 aromatic heterocycles. The van der Waals surface area contributed by atoms with Crippen LogP contribution in [-0.4, -0.2) is 29.7 Å². The molecule has 1 aliphatic heterocycles. The first-order chi connectivity index (χ1) is 10.9. The number of benzene rings is 1. The van der Waals surface area contributed by atoms with Crippen LogP contribution in [0.1, 0.15) is 45.1 Å². The number of aliphatic hydroxyl groups is 1. The predicted molar refractivity (Wildman–Crippen MR) is 93.5 cm³/mol. The zero-order valence-corrected chi connectivity index (χ0v) is 15.0. The molecule has 4 heteroatoms. The van der Waals surface area contributed by atoms with E-state index >= 15 is 0 Å². The van der Waals surface area contributed by atoms with Gasteiger partial charge in [0.05, 0.1) is 18.8 Å². The summed E-state index contributed by atoms with van der Waals surface area (Å²) in [5.74, 6) is -0.437. The molecular formula is C19H26O3S. The second-order valence-corrected chi connectivity index (χ2v) is 7.97. The van der Waals surface area contributed by atoms with Crippen molar-refractivity contribution in [2.45, 2.75) is 62.7 Å². The largest absolute Gasteiger partial charge is 0.385 e. The predicted octanol–water partition coefficient (Wildman–Crippen LogP) is 4.43. The second kappa shape index (κ2) is 6.60. The zero-order valence-electron chi connectivity index (χ0n) is 14.2. The summed E-state index contributed by atoms with van der Waals surface area (Å²) < 4.78 is 11.6. The Morgan fingerprint density at radius 1 is 1.00 bits per heavy atom. The standard InChI is InChI=1S/C19H26O3S/c1-14(2)17(23-16-6-4-15(3)5-7-16)18(20)8-10-19(11-9-18)21-12-13-22-19/h4-7,20H,8-13H2,1-3H3. The van der Waals surface area contributed by atoms with Crippen LogP contribution in [0.5, 0.6) is 0 Å². The quantitative estimate of drug-likeness (QED) is 0.830. The van der Waals surface area contributed by atoms with Crippen molar-refractivity contribution in [2.24, 2.45) is 0 Å². The van der Waals surface area contributed by atoms with Gasteiger partial charge in [0, 0.05) is 22.6 Å². The molecule has 0 bridgehead atoms. The first-order valence-electron chi connectivity index (χ1n) is 8.35. The Bertz CT molecular complexity index is 571. The minimum atomic E-state index is -0.769. The van der Waals surface area contributed by atoms with Crippen LogP contribution in [0.25, 0.3) is 0 Å². The van der Waals surface area contributed by atoms with Gasteiger partial charge in [-0.15, -0.1) is 0 Å². The molecular weight excluding hydrogens is 308 g/mol. The molecule has 0 radical (unpaired) electrons. The fourth-order valence-electron chi connectivity index (χ4n) is 3.44. The van der Waals surface area contributed by atoms with Gasteiger partial charge in [-0.3, -0.25) is 0 Å². The smallest absolute Gasteiger partial charge is 0.168 e. The van der Waals surface area contributed by atoms with Crippen molar-refractivity contribution in [2.75, 3.05) is 13.2 Å². The Kier molecular flexibility index (Phi) is 4.88. The normalized spacial score (nSPS) is 22.3. The summed E-state index contributed by atoms with van der Waals surface area (Å²) in [6, 6.07) is 8.48. The van der Waals surface area contributed by atoms with Gasteiger partial charge in [0.1, 0.15) is 0 Å². The topological polar surface area (TPSA) is 38.7 Å². The van der Waals surface area contributed by atoms with Gasteiger partial charge in [0.25, 0.3) is 0 Å². The number of aryl methyl sites for hydroxylation is 1. The number of hydrogen-bond acceptors (Lipinski definition) is 4. The van der Waals surface area contributed by atoms with Crippen molar-refractivity contribution in [1.82, 2.24) is 0 Å². The number of thioether (sulfide) groups is 1. The highest BCUT2D eigenvalue weighted by molar-refractivity contribution is 8.03. The third-order valence-electron chi connectivity index (χ3n) is 4.77. The maximum Gasteiger partial charge on any atom is 0.168 e. The van der Waals surface area contributed by atoms with E-state index in [-0.39, 0.29) is 0 Å². The number of allylic oxidation sites excluding steroid dienone is 1. The molecule has 23 heavy (non-hydrogen) atoms. The van der Waals surface area contributed by atoms with Crippen LogP contribution in [0, 0.1) is 6.92 Å². The molecule has 1 N–H and O–H groups in total. The monoisotopic (exact) mass is 334 g/mol. The second-order valence-electron chi connectivity index (χ2n) is 6.88. The highest BCUT2D eigenvalue weighted by Crippen LogP contribution is 2.48. The Hall–Kier alpha value is -0.810. The van der Waals surface area contributed by atoms with Crippen molar-refractivity contribution < 1.29 is 14.6 Å². The first kappa shape index (κ1) is 17.0. The van der Waals surface area contributed by atoms with Crippen LogP contribution >= 0.6 is 11.8 Å². The lowest BCUT2D eigenvalue weighted by Gasteiger charge is -2.42. The van der Waals surface area contributed by atoms with Gasteiger partial charge in [-0.2, -0.15) is 0 Å². The van der Waals surface area contributed by atoms with E-state index in [1.807, 2.05) is 0 Å². The van der Waals surface area contributed by atoms with E-state index < -0.39 is 11.4 Å². The summed E-state index contributed by atoms with van der Waals surface area (Å²) >= 11 is 1.69. The summed E-state index contributed by atoms with van der Waals surface area (Å²) in [7, 11) is 0. The number of ether oxygens (including phenoxy) is 2. The molecule has 0 atom stereocenters. The minimum absolute atomic E-state index is 0.437. The molecule has 0 amide bonds. The van der Waals surface area contributed by atoms with Crippen molar-refractivity contribution in [3.63, 3.8) is 0 Å². The van der Waals surface area contributed by atoms with Crippen molar-refractivity contribution in [3.05, 3.63) is 40.3 Å². The third-order valence-corrected chi connectivity index (χ3v) is 6.27. The SMILES string of the molecule is CC(C)=C(Sc1ccc(C)cc1)C1(O)CCC2(CC1)OCCO2. The van der Waals surface area contributed by atoms with Gasteiger partial charge in [0.15, 0.2) is 5.79 Å². The van der Waals surface area contributed by atoms with Crippen molar-refractivity contribution in [3.8, 4) is 0 Å². The molecule has 1 saturated heterocycles. The Labute approximate surface area is 143 Å². The highest BCUT2D eigenvalue weighted by atomic mass is 32.2. The van der Waals surface area contributed by atoms with Gasteiger partial charge in [0.2, 0.25) is 0 Å². The van der Waals surface area contributed by atoms with Gasteiger partial charge >= 0.3 is 0 Å². The van der Waals surface area contributed by atoms with E-state index in [9.17, 15) is 5.11 Å². The van der Waals surface area contributed by atoms with E-state index in [2.05, 4.69) is 45.0 Å². The Morgan fingerprint density at radius 2 is 1.57 bits per heavy atom. The van der Waals surface area contributed by atoms with Crippen molar-refractivity contribution >= 4 is 11.8 Å². The van der Waals surface area contributed by atoms with E-state index in [1.54, 1.807) is 11.8 Å². The van der Waals surface area contributed by atoms with Crippen molar-refractivity contribution in [1.29, 1.82) is 0 Å².